The zero-order valence-corrected chi connectivity index (χ0v) is 9.68. The second kappa shape index (κ2) is 3.78. The summed E-state index contributed by atoms with van der Waals surface area (Å²) >= 11 is 0. The third kappa shape index (κ3) is 1.78. The molecule has 3 N–H and O–H groups in total. The van der Waals surface area contributed by atoms with Crippen molar-refractivity contribution in [2.24, 2.45) is 5.73 Å². The van der Waals surface area contributed by atoms with Crippen LogP contribution in [0.15, 0.2) is 12.7 Å². The summed E-state index contributed by atoms with van der Waals surface area (Å²) in [5.41, 5.74) is 5.60. The normalized spacial score (nSPS) is 45.6. The van der Waals surface area contributed by atoms with Crippen LogP contribution in [0.2, 0.25) is 0 Å². The molecule has 0 aromatic heterocycles. The Morgan fingerprint density at radius 1 is 1.38 bits per heavy atom. The minimum absolute atomic E-state index is 0.292. The Kier molecular flexibility index (Phi) is 2.84. The molecule has 1 unspecified atom stereocenters. The van der Waals surface area contributed by atoms with Crippen LogP contribution in [-0.4, -0.2) is 41.5 Å². The predicted molar refractivity (Wildman–Crippen MR) is 57.5 cm³/mol. The lowest BCUT2D eigenvalue weighted by Gasteiger charge is -2.29. The van der Waals surface area contributed by atoms with Gasteiger partial charge in [-0.1, -0.05) is 6.08 Å². The third-order valence-corrected chi connectivity index (χ3v) is 2.96. The summed E-state index contributed by atoms with van der Waals surface area (Å²) in [6.07, 6.45) is 0.741. The number of fused-ring (bicyclic) bond motifs is 1. The largest absolute Gasteiger partial charge is 0.363 e. The third-order valence-electron chi connectivity index (χ3n) is 2.96. The molecule has 0 saturated carbocycles. The van der Waals surface area contributed by atoms with Crippen LogP contribution in [-0.2, 0) is 14.2 Å². The minimum atomic E-state index is -1.37. The molecule has 2 heterocycles. The van der Waals surface area contributed by atoms with E-state index in [1.165, 1.54) is 0 Å². The monoisotopic (exact) mass is 229 g/mol. The summed E-state index contributed by atoms with van der Waals surface area (Å²) in [6.45, 7) is 7.52. The maximum Gasteiger partial charge on any atom is 0.199 e. The second-order valence-electron chi connectivity index (χ2n) is 4.75. The molecule has 2 rings (SSSR count). The fourth-order valence-electron chi connectivity index (χ4n) is 2.36. The Labute approximate surface area is 95.2 Å². The summed E-state index contributed by atoms with van der Waals surface area (Å²) in [6, 6.07) is 0. The number of rotatable bonds is 3. The summed E-state index contributed by atoms with van der Waals surface area (Å²) < 4.78 is 16.9. The van der Waals surface area contributed by atoms with Crippen molar-refractivity contribution in [3.05, 3.63) is 12.7 Å². The number of nitrogens with two attached hydrogens (primary N) is 1. The van der Waals surface area contributed by atoms with Crippen molar-refractivity contribution in [1.29, 1.82) is 0 Å². The van der Waals surface area contributed by atoms with Gasteiger partial charge in [0.05, 0.1) is 0 Å². The Morgan fingerprint density at radius 3 is 2.62 bits per heavy atom. The maximum absolute atomic E-state index is 10.3. The van der Waals surface area contributed by atoms with Crippen LogP contribution < -0.4 is 5.73 Å². The average molecular weight is 229 g/mol. The van der Waals surface area contributed by atoms with Crippen LogP contribution >= 0.6 is 0 Å². The highest BCUT2D eigenvalue weighted by molar-refractivity contribution is 5.04. The van der Waals surface area contributed by atoms with Gasteiger partial charge < -0.3 is 25.1 Å². The summed E-state index contributed by atoms with van der Waals surface area (Å²) in [4.78, 5) is 0. The second-order valence-corrected chi connectivity index (χ2v) is 4.75. The Hall–Kier alpha value is -0.460. The highest BCUT2D eigenvalue weighted by Crippen LogP contribution is 2.44. The van der Waals surface area contributed by atoms with E-state index in [0.29, 0.717) is 13.0 Å². The summed E-state index contributed by atoms with van der Waals surface area (Å²) in [5.74, 6) is -2.08. The molecule has 5 nitrogen and oxygen atoms in total. The lowest BCUT2D eigenvalue weighted by atomic mass is 10.0. The molecule has 0 spiro atoms. The van der Waals surface area contributed by atoms with Crippen molar-refractivity contribution < 1.29 is 19.3 Å². The van der Waals surface area contributed by atoms with E-state index in [1.807, 2.05) is 13.8 Å². The van der Waals surface area contributed by atoms with Gasteiger partial charge in [0.2, 0.25) is 0 Å². The molecule has 0 amide bonds. The van der Waals surface area contributed by atoms with Crippen molar-refractivity contribution in [1.82, 2.24) is 0 Å². The predicted octanol–water partition coefficient (Wildman–Crippen LogP) is 0.129. The van der Waals surface area contributed by atoms with Gasteiger partial charge in [-0.3, -0.25) is 0 Å². The topological polar surface area (TPSA) is 73.9 Å². The molecular weight excluding hydrogens is 210 g/mol. The molecule has 4 atom stereocenters. The van der Waals surface area contributed by atoms with Crippen molar-refractivity contribution in [3.63, 3.8) is 0 Å². The van der Waals surface area contributed by atoms with Crippen LogP contribution in [0.25, 0.3) is 0 Å². The molecule has 2 saturated heterocycles. The van der Waals surface area contributed by atoms with Gasteiger partial charge in [-0.25, -0.2) is 0 Å². The molecule has 2 fully saturated rings. The first-order valence-electron chi connectivity index (χ1n) is 5.48. The van der Waals surface area contributed by atoms with Crippen molar-refractivity contribution in [2.45, 2.75) is 50.2 Å². The SMILES string of the molecule is C=CCC1(O)O[C@H](CN)[C@H]2OC(C)(C)O[C@H]21. The van der Waals surface area contributed by atoms with Gasteiger partial charge in [-0.15, -0.1) is 6.58 Å². The quantitative estimate of drug-likeness (QED) is 0.673. The molecule has 0 aromatic carbocycles. The van der Waals surface area contributed by atoms with Gasteiger partial charge in [0, 0.05) is 13.0 Å². The molecule has 0 bridgehead atoms. The minimum Gasteiger partial charge on any atom is -0.363 e. The molecule has 0 aliphatic carbocycles. The highest BCUT2D eigenvalue weighted by Gasteiger charge is 2.61. The van der Waals surface area contributed by atoms with E-state index >= 15 is 0 Å². The molecule has 16 heavy (non-hydrogen) atoms. The molecule has 2 aliphatic heterocycles. The lowest BCUT2D eigenvalue weighted by molar-refractivity contribution is -0.270. The van der Waals surface area contributed by atoms with Gasteiger partial charge in [-0.05, 0) is 13.8 Å². The number of ether oxygens (including phenoxy) is 3. The van der Waals surface area contributed by atoms with Gasteiger partial charge in [0.1, 0.15) is 18.3 Å². The molecule has 0 radical (unpaired) electrons. The van der Waals surface area contributed by atoms with E-state index < -0.39 is 17.7 Å². The average Bonchev–Trinajstić information content (AvgIpc) is 2.62. The van der Waals surface area contributed by atoms with E-state index in [0.717, 1.165) is 0 Å². The van der Waals surface area contributed by atoms with Crippen LogP contribution in [0.5, 0.6) is 0 Å². The fourth-order valence-corrected chi connectivity index (χ4v) is 2.36. The van der Waals surface area contributed by atoms with Gasteiger partial charge >= 0.3 is 0 Å². The number of hydrogen-bond donors (Lipinski definition) is 2. The molecule has 2 aliphatic rings. The number of hydrogen-bond acceptors (Lipinski definition) is 5. The van der Waals surface area contributed by atoms with Crippen LogP contribution in [0.3, 0.4) is 0 Å². The Bertz CT molecular complexity index is 294. The summed E-state index contributed by atoms with van der Waals surface area (Å²) in [7, 11) is 0. The molecule has 5 heteroatoms. The maximum atomic E-state index is 10.3. The standard InChI is InChI=1S/C11H19NO4/c1-4-5-11(13)9-8(7(6-12)14-11)15-10(2,3)16-9/h4,7-9,13H,1,5-6,12H2,2-3H3/t7-,8-,9-,11?/m1/s1. The van der Waals surface area contributed by atoms with Crippen LogP contribution in [0.1, 0.15) is 20.3 Å². The Balaban J connectivity index is 2.23. The van der Waals surface area contributed by atoms with E-state index in [2.05, 4.69) is 6.58 Å². The van der Waals surface area contributed by atoms with E-state index in [4.69, 9.17) is 19.9 Å². The first-order valence-corrected chi connectivity index (χ1v) is 5.48. The van der Waals surface area contributed by atoms with E-state index in [1.54, 1.807) is 6.08 Å². The molecule has 92 valence electrons. The zero-order chi connectivity index (χ0) is 12.0. The Morgan fingerprint density at radius 2 is 2.06 bits per heavy atom. The van der Waals surface area contributed by atoms with Crippen molar-refractivity contribution in [2.75, 3.05) is 6.54 Å². The van der Waals surface area contributed by atoms with E-state index in [-0.39, 0.29) is 12.2 Å². The summed E-state index contributed by atoms with van der Waals surface area (Å²) in [5, 5.41) is 10.3. The van der Waals surface area contributed by atoms with Crippen LogP contribution in [0, 0.1) is 0 Å². The lowest BCUT2D eigenvalue weighted by Crippen LogP contribution is -2.42. The van der Waals surface area contributed by atoms with Crippen molar-refractivity contribution in [3.8, 4) is 0 Å². The molecule has 0 aromatic rings. The smallest absolute Gasteiger partial charge is 0.199 e. The van der Waals surface area contributed by atoms with Gasteiger partial charge in [0.15, 0.2) is 11.6 Å². The van der Waals surface area contributed by atoms with Gasteiger partial charge in [-0.2, -0.15) is 0 Å². The van der Waals surface area contributed by atoms with E-state index in [9.17, 15) is 5.11 Å². The first kappa shape index (κ1) is 12.0. The van der Waals surface area contributed by atoms with Crippen molar-refractivity contribution >= 4 is 0 Å². The zero-order valence-electron chi connectivity index (χ0n) is 9.68. The van der Waals surface area contributed by atoms with Crippen LogP contribution in [0.4, 0.5) is 0 Å². The fraction of sp³-hybridized carbons (Fsp3) is 0.818. The molecular formula is C11H19NO4. The van der Waals surface area contributed by atoms with Gasteiger partial charge in [0.25, 0.3) is 0 Å². The highest BCUT2D eigenvalue weighted by atomic mass is 16.8. The number of aliphatic hydroxyl groups is 1. The first-order chi connectivity index (χ1) is 7.42.